The predicted molar refractivity (Wildman–Crippen MR) is 265 cm³/mol. The van der Waals surface area contributed by atoms with E-state index in [4.69, 9.17) is 9.47 Å². The molecule has 2 amide bonds. The Morgan fingerprint density at radius 2 is 0.894 bits per heavy atom. The molecule has 0 aromatic heterocycles. The summed E-state index contributed by atoms with van der Waals surface area (Å²) in [5.41, 5.74) is 1.10. The molecule has 0 aliphatic carbocycles. The topological polar surface area (TPSA) is 134 Å². The van der Waals surface area contributed by atoms with Crippen LogP contribution in [0.2, 0.25) is 0 Å². The molecule has 0 spiro atoms. The fourth-order valence-electron chi connectivity index (χ4n) is 11.7. The van der Waals surface area contributed by atoms with Gasteiger partial charge in [0.15, 0.2) is 0 Å². The summed E-state index contributed by atoms with van der Waals surface area (Å²) < 4.78 is 13.6. The third-order valence-electron chi connectivity index (χ3n) is 16.5. The molecule has 8 atom stereocenters. The molecular weight excluding hydrogens is 829 g/mol. The number of phenols is 2. The van der Waals surface area contributed by atoms with E-state index in [1.54, 1.807) is 13.8 Å². The van der Waals surface area contributed by atoms with Crippen molar-refractivity contribution in [3.05, 3.63) is 68.8 Å². The van der Waals surface area contributed by atoms with Gasteiger partial charge in [0.1, 0.15) is 23.7 Å². The zero-order chi connectivity index (χ0) is 50.4. The lowest BCUT2D eigenvalue weighted by Crippen LogP contribution is -2.69. The normalized spacial score (nSPS) is 28.7. The van der Waals surface area contributed by atoms with Gasteiger partial charge in [0.25, 0.3) is 0 Å². The molecule has 2 aliphatic rings. The second kappa shape index (κ2) is 19.3. The molecule has 8 unspecified atom stereocenters. The summed E-state index contributed by atoms with van der Waals surface area (Å²) in [5.74, 6) is -1.48. The van der Waals surface area contributed by atoms with Gasteiger partial charge in [-0.15, -0.1) is 0 Å². The fourth-order valence-corrected chi connectivity index (χ4v) is 11.7. The van der Waals surface area contributed by atoms with Gasteiger partial charge in [0.2, 0.25) is 11.8 Å². The van der Waals surface area contributed by atoms with E-state index in [1.807, 2.05) is 103 Å². The molecule has 4 rings (SSSR count). The van der Waals surface area contributed by atoms with E-state index < -0.39 is 57.1 Å². The summed E-state index contributed by atoms with van der Waals surface area (Å²) in [5, 5.41) is 22.6. The first kappa shape index (κ1) is 54.3. The maximum absolute atomic E-state index is 15.6. The van der Waals surface area contributed by atoms with Crippen LogP contribution in [0.5, 0.6) is 11.5 Å². The number of ether oxygens (including phenoxy) is 2. The summed E-state index contributed by atoms with van der Waals surface area (Å²) in [4.78, 5) is 61.9. The van der Waals surface area contributed by atoms with Gasteiger partial charge in [0.05, 0.1) is 11.1 Å². The lowest BCUT2D eigenvalue weighted by atomic mass is 9.67. The van der Waals surface area contributed by atoms with E-state index >= 15 is 9.59 Å². The number of piperidine rings is 2. The van der Waals surface area contributed by atoms with Crippen LogP contribution in [0, 0.1) is 25.7 Å². The van der Waals surface area contributed by atoms with E-state index in [9.17, 15) is 19.8 Å². The van der Waals surface area contributed by atoms with Crippen molar-refractivity contribution in [1.82, 2.24) is 9.80 Å². The highest BCUT2D eigenvalue weighted by Crippen LogP contribution is 2.49. The van der Waals surface area contributed by atoms with Crippen LogP contribution in [0.1, 0.15) is 197 Å². The van der Waals surface area contributed by atoms with Gasteiger partial charge in [0, 0.05) is 73.5 Å². The van der Waals surface area contributed by atoms with E-state index in [0.717, 1.165) is 11.1 Å². The molecule has 2 aliphatic heterocycles. The Balaban J connectivity index is 2.07. The fraction of sp³-hybridized carbons (Fsp3) is 0.679. The van der Waals surface area contributed by atoms with E-state index in [2.05, 4.69) is 55.4 Å². The second-order valence-corrected chi connectivity index (χ2v) is 23.1. The number of aryl methyl sites for hydroxylation is 2. The molecule has 66 heavy (non-hydrogen) atoms. The number of carbonyl (C=O) groups is 4. The first-order valence-corrected chi connectivity index (χ1v) is 24.6. The number of nitrogens with zero attached hydrogens (tertiary/aromatic N) is 2. The zero-order valence-corrected chi connectivity index (χ0v) is 44.5. The summed E-state index contributed by atoms with van der Waals surface area (Å²) in [6.45, 7) is 39.6. The Morgan fingerprint density at radius 1 is 0.591 bits per heavy atom. The molecule has 0 saturated carbocycles. The highest BCUT2D eigenvalue weighted by Gasteiger charge is 2.57. The second-order valence-electron chi connectivity index (χ2n) is 23.1. The van der Waals surface area contributed by atoms with Crippen LogP contribution in [-0.4, -0.2) is 78.1 Å². The number of benzene rings is 2. The largest absolute Gasteiger partial charge is 0.507 e. The van der Waals surface area contributed by atoms with Gasteiger partial charge in [-0.05, 0) is 111 Å². The minimum Gasteiger partial charge on any atom is -0.507 e. The first-order valence-electron chi connectivity index (χ1n) is 24.6. The Hall–Kier alpha value is -4.34. The minimum atomic E-state index is -0.641. The van der Waals surface area contributed by atoms with Crippen molar-refractivity contribution in [3.63, 3.8) is 0 Å². The summed E-state index contributed by atoms with van der Waals surface area (Å²) in [7, 11) is 0. The van der Waals surface area contributed by atoms with Gasteiger partial charge >= 0.3 is 11.9 Å². The quantitative estimate of drug-likeness (QED) is 0.159. The number of amides is 2. The maximum Gasteiger partial charge on any atom is 0.335 e. The summed E-state index contributed by atoms with van der Waals surface area (Å²) >= 11 is 0. The molecule has 368 valence electrons. The number of esters is 2. The van der Waals surface area contributed by atoms with Gasteiger partial charge in [-0.25, -0.2) is 9.59 Å². The average Bonchev–Trinajstić information content (AvgIpc) is 3.21. The van der Waals surface area contributed by atoms with Gasteiger partial charge in [-0.3, -0.25) is 9.59 Å². The van der Waals surface area contributed by atoms with Crippen LogP contribution >= 0.6 is 0 Å². The van der Waals surface area contributed by atoms with E-state index in [1.165, 1.54) is 0 Å². The predicted octanol–water partition coefficient (Wildman–Crippen LogP) is 11.7. The van der Waals surface area contributed by atoms with Crippen molar-refractivity contribution in [3.8, 4) is 11.5 Å². The van der Waals surface area contributed by atoms with Crippen LogP contribution in [0.25, 0.3) is 0 Å². The number of likely N-dealkylation sites (tertiary alicyclic amines) is 2. The average molecular weight is 915 g/mol. The standard InChI is InChI=1S/C56H86N2O8/c1-21-53(17)31-45(35(7)55(19,23-3)57(53)37(9)59)65-49(63)41(27-39-25-33(5)47(61)43(29-39)51(11,12)13)42(28-40-26-34(6)48(62)44(30-40)52(14,15)16)50(64)66-46-32-54(18,22-2)58(38(10)60)56(20,24-4)36(46)8/h25-26,29-30,35-36,45-46,61-62H,21-24,27-28,31-32H2,1-20H3. The molecule has 0 bridgehead atoms. The molecule has 10 heteroatoms. The van der Waals surface area contributed by atoms with Crippen molar-refractivity contribution < 1.29 is 38.9 Å². The van der Waals surface area contributed by atoms with Gasteiger partial charge in [-0.2, -0.15) is 0 Å². The van der Waals surface area contributed by atoms with Crippen LogP contribution in [-0.2, 0) is 52.3 Å². The Morgan fingerprint density at radius 3 is 1.14 bits per heavy atom. The molecule has 2 aromatic carbocycles. The lowest BCUT2D eigenvalue weighted by Gasteiger charge is -2.60. The first-order chi connectivity index (χ1) is 30.2. The number of aromatic hydroxyl groups is 2. The van der Waals surface area contributed by atoms with Crippen molar-refractivity contribution >= 4 is 23.8 Å². The molecule has 0 radical (unpaired) electrons. The van der Waals surface area contributed by atoms with Crippen molar-refractivity contribution in [2.45, 2.75) is 235 Å². The van der Waals surface area contributed by atoms with Crippen molar-refractivity contribution in [2.24, 2.45) is 11.8 Å². The smallest absolute Gasteiger partial charge is 0.335 e. The third kappa shape index (κ3) is 10.2. The van der Waals surface area contributed by atoms with Crippen LogP contribution in [0.15, 0.2) is 35.4 Å². The number of hydrogen-bond donors (Lipinski definition) is 2. The Labute approximate surface area is 398 Å². The van der Waals surface area contributed by atoms with Gasteiger partial charge in [-0.1, -0.05) is 107 Å². The molecule has 2 fully saturated rings. The lowest BCUT2D eigenvalue weighted by molar-refractivity contribution is -0.183. The Bertz CT molecular complexity index is 2060. The number of carbonyl (C=O) groups excluding carboxylic acids is 4. The molecule has 2 N–H and O–H groups in total. The molecule has 2 aromatic rings. The van der Waals surface area contributed by atoms with Crippen LogP contribution < -0.4 is 0 Å². The minimum absolute atomic E-state index is 0.00507. The summed E-state index contributed by atoms with van der Waals surface area (Å²) in [6, 6.07) is 7.54. The number of rotatable bonds is 12. The maximum atomic E-state index is 15.6. The number of phenolic OH excluding ortho intramolecular Hbond substituents is 2. The van der Waals surface area contributed by atoms with Crippen LogP contribution in [0.4, 0.5) is 0 Å². The van der Waals surface area contributed by atoms with Crippen molar-refractivity contribution in [2.75, 3.05) is 0 Å². The molecule has 10 nitrogen and oxygen atoms in total. The SMILES string of the molecule is CCC1(C)CC(OC(=O)C(Cc2cc(C)c(O)c(C(C)(C)C)c2)=C(Cc2cc(C)c(O)c(C(C)(C)C)c2)C(=O)OC2CC(C)(CC)N(C(C)=O)C(C)(CC)C2C)C(C)C(C)(CC)N1C(C)=O. The van der Waals surface area contributed by atoms with Crippen LogP contribution in [0.3, 0.4) is 0 Å². The van der Waals surface area contributed by atoms with E-state index in [0.29, 0.717) is 60.8 Å². The summed E-state index contributed by atoms with van der Waals surface area (Å²) in [6.07, 6.45) is 2.22. The highest BCUT2D eigenvalue weighted by atomic mass is 16.6. The van der Waals surface area contributed by atoms with Gasteiger partial charge < -0.3 is 29.5 Å². The third-order valence-corrected chi connectivity index (χ3v) is 16.5. The molecule has 2 saturated heterocycles. The molecular formula is C56H86N2O8. The van der Waals surface area contributed by atoms with E-state index in [-0.39, 0.29) is 59.1 Å². The highest BCUT2D eigenvalue weighted by molar-refractivity contribution is 6.01. The van der Waals surface area contributed by atoms with Crippen molar-refractivity contribution in [1.29, 1.82) is 0 Å². The zero-order valence-electron chi connectivity index (χ0n) is 44.5. The molecule has 2 heterocycles. The monoisotopic (exact) mass is 915 g/mol. The Kier molecular flexibility index (Phi) is 15.9. The number of hydrogen-bond acceptors (Lipinski definition) is 8.